The first kappa shape index (κ1) is 40.8. The van der Waals surface area contributed by atoms with Gasteiger partial charge in [0.05, 0.1) is 22.4 Å². The summed E-state index contributed by atoms with van der Waals surface area (Å²) in [6.45, 7) is 23.7. The molecule has 3 aromatic heterocycles. The van der Waals surface area contributed by atoms with Crippen molar-refractivity contribution < 1.29 is 0 Å². The molecule has 0 unspecified atom stereocenters. The third kappa shape index (κ3) is 8.52. The number of pyridine rings is 2. The summed E-state index contributed by atoms with van der Waals surface area (Å²) in [4.78, 5) is 11.7. The summed E-state index contributed by atoms with van der Waals surface area (Å²) in [5, 5.41) is 2.61. The van der Waals surface area contributed by atoms with E-state index in [1.54, 1.807) is 0 Å². The molecule has 60 heavy (non-hydrogen) atoms. The molecule has 0 N–H and O–H groups in total. The molecule has 304 valence electrons. The summed E-state index contributed by atoms with van der Waals surface area (Å²) in [6, 6.07) is 53.0. The number of aromatic nitrogens is 3. The fourth-order valence-electron chi connectivity index (χ4n) is 9.87. The number of anilines is 3. The summed E-state index contributed by atoms with van der Waals surface area (Å²) in [6.07, 6.45) is 5.90. The molecule has 0 atom stereocenters. The molecule has 8 aromatic rings. The Kier molecular flexibility index (Phi) is 10.6. The van der Waals surface area contributed by atoms with Crippen LogP contribution < -0.4 is 4.90 Å². The van der Waals surface area contributed by atoms with Gasteiger partial charge in [-0.2, -0.15) is 0 Å². The van der Waals surface area contributed by atoms with Crippen LogP contribution in [-0.4, -0.2) is 14.5 Å². The zero-order valence-corrected chi connectivity index (χ0v) is 37.2. The van der Waals surface area contributed by atoms with Gasteiger partial charge in [-0.25, -0.2) is 0 Å². The molecule has 0 saturated heterocycles. The zero-order valence-electron chi connectivity index (χ0n) is 37.2. The van der Waals surface area contributed by atoms with Crippen LogP contribution in [0, 0.1) is 10.8 Å². The lowest BCUT2D eigenvalue weighted by atomic mass is 9.71. The molecule has 0 aliphatic carbocycles. The highest BCUT2D eigenvalue weighted by molar-refractivity contribution is 6.10. The minimum atomic E-state index is 0.0246. The van der Waals surface area contributed by atoms with Crippen molar-refractivity contribution >= 4 is 38.9 Å². The first-order valence-electron chi connectivity index (χ1n) is 21.5. The molecule has 3 heterocycles. The molecular weight excluding hydrogens is 729 g/mol. The van der Waals surface area contributed by atoms with E-state index in [1.165, 1.54) is 32.9 Å². The summed E-state index contributed by atoms with van der Waals surface area (Å²) in [5.41, 5.74) is 14.0. The fourth-order valence-corrected chi connectivity index (χ4v) is 9.87. The average Bonchev–Trinajstić information content (AvgIpc) is 3.54. The van der Waals surface area contributed by atoms with Crippen molar-refractivity contribution in [3.63, 3.8) is 0 Å². The molecule has 0 saturated carbocycles. The van der Waals surface area contributed by atoms with Crippen LogP contribution in [0.2, 0.25) is 0 Å². The minimum Gasteiger partial charge on any atom is -0.310 e. The van der Waals surface area contributed by atoms with Gasteiger partial charge in [0.15, 0.2) is 0 Å². The molecule has 8 rings (SSSR count). The molecule has 0 spiro atoms. The number of hydrogen-bond acceptors (Lipinski definition) is 3. The quantitative estimate of drug-likeness (QED) is 0.138. The normalized spacial score (nSPS) is 12.6. The fraction of sp³-hybridized carbons (Fsp3) is 0.286. The van der Waals surface area contributed by atoms with Crippen LogP contribution in [0.25, 0.3) is 50.0 Å². The van der Waals surface area contributed by atoms with Crippen molar-refractivity contribution in [2.75, 3.05) is 4.90 Å². The minimum absolute atomic E-state index is 0.0246. The van der Waals surface area contributed by atoms with Crippen LogP contribution in [0.3, 0.4) is 0 Å². The van der Waals surface area contributed by atoms with E-state index in [-0.39, 0.29) is 21.7 Å². The van der Waals surface area contributed by atoms with Gasteiger partial charge in [-0.3, -0.25) is 9.97 Å². The van der Waals surface area contributed by atoms with E-state index in [0.29, 0.717) is 0 Å². The first-order chi connectivity index (χ1) is 28.5. The van der Waals surface area contributed by atoms with Crippen LogP contribution in [0.15, 0.2) is 158 Å². The molecule has 0 amide bonds. The summed E-state index contributed by atoms with van der Waals surface area (Å²) >= 11 is 0. The molecular formula is C56H60N4. The van der Waals surface area contributed by atoms with Crippen LogP contribution in [-0.2, 0) is 10.8 Å². The largest absolute Gasteiger partial charge is 0.310 e. The molecule has 0 fully saturated rings. The third-order valence-corrected chi connectivity index (χ3v) is 11.8. The van der Waals surface area contributed by atoms with Crippen LogP contribution >= 0.6 is 0 Å². The lowest BCUT2D eigenvalue weighted by molar-refractivity contribution is 0.283. The molecule has 0 aliphatic rings. The van der Waals surface area contributed by atoms with E-state index < -0.39 is 0 Å². The predicted octanol–water partition coefficient (Wildman–Crippen LogP) is 15.8. The highest BCUT2D eigenvalue weighted by Gasteiger charge is 2.30. The highest BCUT2D eigenvalue weighted by Crippen LogP contribution is 2.44. The Morgan fingerprint density at radius 1 is 0.433 bits per heavy atom. The predicted molar refractivity (Wildman–Crippen MR) is 256 cm³/mol. The van der Waals surface area contributed by atoms with E-state index in [4.69, 9.17) is 0 Å². The van der Waals surface area contributed by atoms with Gasteiger partial charge in [0.1, 0.15) is 0 Å². The molecule has 0 bridgehead atoms. The monoisotopic (exact) mass is 788 g/mol. The van der Waals surface area contributed by atoms with Crippen molar-refractivity contribution in [1.82, 2.24) is 14.5 Å². The van der Waals surface area contributed by atoms with Gasteiger partial charge in [0.2, 0.25) is 0 Å². The maximum Gasteiger partial charge on any atom is 0.0702 e. The number of fused-ring (bicyclic) bond motifs is 3. The SMILES string of the molecule is CC(C)(C)CC(C)(C)c1ccc2c(c1)c1cc(C(C)(C)CC(C)(C)C)ccc1n2-c1ccc(N(c2cccc(-c3ccccn3)c2)c2cccc(-c3ccccn3)c2)cc1. The summed E-state index contributed by atoms with van der Waals surface area (Å²) in [7, 11) is 0. The van der Waals surface area contributed by atoms with Gasteiger partial charge in [0.25, 0.3) is 0 Å². The van der Waals surface area contributed by atoms with Crippen molar-refractivity contribution in [3.05, 3.63) is 169 Å². The molecule has 4 heteroatoms. The van der Waals surface area contributed by atoms with Gasteiger partial charge in [-0.1, -0.05) is 118 Å². The average molecular weight is 789 g/mol. The molecule has 0 radical (unpaired) electrons. The lowest BCUT2D eigenvalue weighted by Gasteiger charge is -2.33. The summed E-state index contributed by atoms with van der Waals surface area (Å²) in [5.74, 6) is 0. The van der Waals surface area contributed by atoms with Crippen molar-refractivity contribution in [3.8, 4) is 28.2 Å². The maximum atomic E-state index is 4.68. The smallest absolute Gasteiger partial charge is 0.0702 e. The molecule has 0 aliphatic heterocycles. The Labute approximate surface area is 358 Å². The zero-order chi connectivity index (χ0) is 42.5. The second-order valence-electron chi connectivity index (χ2n) is 20.4. The van der Waals surface area contributed by atoms with Crippen LogP contribution in [0.1, 0.15) is 93.2 Å². The van der Waals surface area contributed by atoms with Crippen LogP contribution in [0.5, 0.6) is 0 Å². The number of benzene rings is 5. The van der Waals surface area contributed by atoms with Crippen LogP contribution in [0.4, 0.5) is 17.1 Å². The maximum absolute atomic E-state index is 4.68. The van der Waals surface area contributed by atoms with E-state index in [2.05, 4.69) is 210 Å². The van der Waals surface area contributed by atoms with Gasteiger partial charge in [-0.15, -0.1) is 0 Å². The number of hydrogen-bond donors (Lipinski definition) is 0. The standard InChI is InChI=1S/C56H60N4/c1-53(2,3)37-55(7,8)41-23-29-51-47(35-41)48-36-42(56(9,10)38-54(4,5)6)24-30-52(48)60(51)44-27-25-43(26-28-44)59(45-19-15-17-39(33-45)49-21-11-13-31-57-49)46-20-16-18-40(34-46)50-22-12-14-32-58-50/h11-36H,37-38H2,1-10H3. The van der Waals surface area contributed by atoms with E-state index in [0.717, 1.165) is 58.1 Å². The molecule has 4 nitrogen and oxygen atoms in total. The second-order valence-corrected chi connectivity index (χ2v) is 20.4. The molecule has 5 aromatic carbocycles. The van der Waals surface area contributed by atoms with Gasteiger partial charge < -0.3 is 9.47 Å². The topological polar surface area (TPSA) is 34.0 Å². The van der Waals surface area contributed by atoms with Gasteiger partial charge in [-0.05, 0) is 143 Å². The van der Waals surface area contributed by atoms with E-state index in [9.17, 15) is 0 Å². The van der Waals surface area contributed by atoms with E-state index >= 15 is 0 Å². The second kappa shape index (κ2) is 15.6. The Bertz CT molecular complexity index is 2590. The van der Waals surface area contributed by atoms with Crippen molar-refractivity contribution in [2.24, 2.45) is 10.8 Å². The van der Waals surface area contributed by atoms with Gasteiger partial charge >= 0.3 is 0 Å². The highest BCUT2D eigenvalue weighted by atomic mass is 15.1. The summed E-state index contributed by atoms with van der Waals surface area (Å²) < 4.78 is 2.46. The van der Waals surface area contributed by atoms with Crippen molar-refractivity contribution in [2.45, 2.75) is 92.9 Å². The third-order valence-electron chi connectivity index (χ3n) is 11.8. The Balaban J connectivity index is 1.28. The first-order valence-corrected chi connectivity index (χ1v) is 21.5. The lowest BCUT2D eigenvalue weighted by Crippen LogP contribution is -2.24. The Morgan fingerprint density at radius 3 is 1.28 bits per heavy atom. The number of nitrogens with zero attached hydrogens (tertiary/aromatic N) is 4. The Morgan fingerprint density at radius 2 is 0.883 bits per heavy atom. The Hall–Kier alpha value is -6.00. The van der Waals surface area contributed by atoms with Crippen molar-refractivity contribution in [1.29, 1.82) is 0 Å². The van der Waals surface area contributed by atoms with E-state index in [1.807, 2.05) is 36.7 Å². The number of rotatable bonds is 10. The van der Waals surface area contributed by atoms with Gasteiger partial charge in [0, 0.05) is 57.0 Å².